The topological polar surface area (TPSA) is 85.9 Å². The summed E-state index contributed by atoms with van der Waals surface area (Å²) in [5.74, 6) is -0.594. The first kappa shape index (κ1) is 12.7. The molecule has 78 valence electrons. The van der Waals surface area contributed by atoms with Gasteiger partial charge in [-0.05, 0) is 0 Å². The molecule has 1 aromatic heterocycles. The molecule has 0 aromatic carbocycles. The minimum atomic E-state index is -1.22. The Balaban J connectivity index is 0.000000791. The first-order valence-electron chi connectivity index (χ1n) is 4.06. The second-order valence-corrected chi connectivity index (χ2v) is 3.35. The first-order valence-corrected chi connectivity index (χ1v) is 5.62. The minimum absolute atomic E-state index is 0.194. The quantitative estimate of drug-likeness (QED) is 0.721. The maximum atomic E-state index is 10.8. The fraction of sp³-hybridized carbons (Fsp3) is 0.375. The molecule has 0 bridgehead atoms. The van der Waals surface area contributed by atoms with Crippen LogP contribution in [0.3, 0.4) is 0 Å². The summed E-state index contributed by atoms with van der Waals surface area (Å²) in [7, 11) is -1.22. The Morgan fingerprint density at radius 1 is 1.36 bits per heavy atom. The van der Waals surface area contributed by atoms with Gasteiger partial charge in [-0.25, -0.2) is 9.97 Å². The molecule has 14 heavy (non-hydrogen) atoms. The summed E-state index contributed by atoms with van der Waals surface area (Å²) >= 11 is 0. The van der Waals surface area contributed by atoms with Crippen LogP contribution in [0.25, 0.3) is 0 Å². The third-order valence-electron chi connectivity index (χ3n) is 1.17. The number of carbonyl (C=O) groups excluding carboxylic acids is 1. The molecule has 0 fully saturated rings. The van der Waals surface area contributed by atoms with Gasteiger partial charge < -0.3 is 5.73 Å². The predicted molar refractivity (Wildman–Crippen MR) is 54.2 cm³/mol. The van der Waals surface area contributed by atoms with Crippen LogP contribution in [0.1, 0.15) is 24.2 Å². The van der Waals surface area contributed by atoms with Crippen LogP contribution in [0.15, 0.2) is 17.6 Å². The second-order valence-electron chi connectivity index (χ2n) is 2.07. The average molecular weight is 215 g/mol. The highest BCUT2D eigenvalue weighted by molar-refractivity contribution is 7.84. The van der Waals surface area contributed by atoms with Gasteiger partial charge >= 0.3 is 0 Å². The summed E-state index contributed by atoms with van der Waals surface area (Å²) in [4.78, 5) is 17.9. The monoisotopic (exact) mass is 215 g/mol. The molecule has 1 aromatic rings. The van der Waals surface area contributed by atoms with Crippen LogP contribution in [-0.2, 0) is 10.8 Å². The van der Waals surface area contributed by atoms with Crippen molar-refractivity contribution in [3.8, 4) is 0 Å². The van der Waals surface area contributed by atoms with Crippen molar-refractivity contribution >= 4 is 16.7 Å². The van der Waals surface area contributed by atoms with E-state index in [2.05, 4.69) is 9.97 Å². The van der Waals surface area contributed by atoms with E-state index in [-0.39, 0.29) is 10.7 Å². The highest BCUT2D eigenvalue weighted by atomic mass is 32.2. The standard InChI is InChI=1S/C6H7N3O2S.C2H6/c1-12(11)6-8-2-4(3-9-6)5(7)10;1-2/h2-3H,1H3,(H2,7,10);1-2H3. The van der Waals surface area contributed by atoms with Gasteiger partial charge in [0.05, 0.1) is 16.4 Å². The van der Waals surface area contributed by atoms with Gasteiger partial charge in [0.15, 0.2) is 0 Å². The van der Waals surface area contributed by atoms with Crippen molar-refractivity contribution in [2.45, 2.75) is 19.0 Å². The Kier molecular flexibility index (Phi) is 5.62. The Labute approximate surface area is 85.2 Å². The smallest absolute Gasteiger partial charge is 0.251 e. The van der Waals surface area contributed by atoms with Crippen LogP contribution < -0.4 is 5.73 Å². The molecule has 5 nitrogen and oxygen atoms in total. The van der Waals surface area contributed by atoms with Crippen LogP contribution in [0.4, 0.5) is 0 Å². The molecule has 0 aliphatic carbocycles. The van der Waals surface area contributed by atoms with E-state index in [1.807, 2.05) is 13.8 Å². The lowest BCUT2D eigenvalue weighted by atomic mass is 10.3. The summed E-state index contributed by atoms with van der Waals surface area (Å²) in [6, 6.07) is 0. The number of nitrogens with zero attached hydrogens (tertiary/aromatic N) is 2. The number of amides is 1. The lowest BCUT2D eigenvalue weighted by Crippen LogP contribution is -2.12. The zero-order chi connectivity index (χ0) is 11.1. The molecule has 6 heteroatoms. The van der Waals surface area contributed by atoms with Gasteiger partial charge in [0.1, 0.15) is 0 Å². The third-order valence-corrected chi connectivity index (χ3v) is 1.89. The van der Waals surface area contributed by atoms with Crippen molar-refractivity contribution in [2.24, 2.45) is 5.73 Å². The number of hydrogen-bond donors (Lipinski definition) is 1. The van der Waals surface area contributed by atoms with Gasteiger partial charge in [0.2, 0.25) is 5.16 Å². The van der Waals surface area contributed by atoms with E-state index in [9.17, 15) is 9.00 Å². The van der Waals surface area contributed by atoms with Crippen LogP contribution in [-0.4, -0.2) is 26.3 Å². The summed E-state index contributed by atoms with van der Waals surface area (Å²) in [6.07, 6.45) is 3.97. The summed E-state index contributed by atoms with van der Waals surface area (Å²) in [6.45, 7) is 4.00. The van der Waals surface area contributed by atoms with Gasteiger partial charge in [-0.1, -0.05) is 13.8 Å². The maximum absolute atomic E-state index is 10.8. The molecular weight excluding hydrogens is 202 g/mol. The van der Waals surface area contributed by atoms with Crippen LogP contribution in [0, 0.1) is 0 Å². The molecule has 0 saturated carbocycles. The van der Waals surface area contributed by atoms with E-state index in [4.69, 9.17) is 5.73 Å². The second kappa shape index (κ2) is 6.20. The highest BCUT2D eigenvalue weighted by Gasteiger charge is 2.03. The number of primary amides is 1. The third kappa shape index (κ3) is 3.61. The summed E-state index contributed by atoms with van der Waals surface area (Å²) in [5.41, 5.74) is 5.16. The fourth-order valence-corrected chi connectivity index (χ4v) is 0.994. The maximum Gasteiger partial charge on any atom is 0.251 e. The molecule has 0 aliphatic heterocycles. The Bertz CT molecular complexity index is 291. The van der Waals surface area contributed by atoms with Gasteiger partial charge in [-0.15, -0.1) is 0 Å². The van der Waals surface area contributed by atoms with E-state index in [1.54, 1.807) is 0 Å². The molecule has 1 atom stereocenters. The van der Waals surface area contributed by atoms with Crippen molar-refractivity contribution in [1.82, 2.24) is 9.97 Å². The predicted octanol–water partition coefficient (Wildman–Crippen LogP) is 0.339. The lowest BCUT2D eigenvalue weighted by molar-refractivity contribution is 0.0999. The van der Waals surface area contributed by atoms with Gasteiger partial charge in [0, 0.05) is 18.6 Å². The zero-order valence-corrected chi connectivity index (χ0v) is 9.17. The SMILES string of the molecule is CC.CS(=O)c1ncc(C(N)=O)cn1. The molecule has 1 rings (SSSR count). The van der Waals surface area contributed by atoms with E-state index < -0.39 is 16.7 Å². The van der Waals surface area contributed by atoms with Crippen LogP contribution >= 0.6 is 0 Å². The molecule has 1 unspecified atom stereocenters. The largest absolute Gasteiger partial charge is 0.366 e. The minimum Gasteiger partial charge on any atom is -0.366 e. The normalized spacial score (nSPS) is 11.1. The van der Waals surface area contributed by atoms with Crippen molar-refractivity contribution in [2.75, 3.05) is 6.26 Å². The van der Waals surface area contributed by atoms with Crippen molar-refractivity contribution in [3.63, 3.8) is 0 Å². The molecule has 0 spiro atoms. The summed E-state index contributed by atoms with van der Waals surface area (Å²) < 4.78 is 10.8. The van der Waals surface area contributed by atoms with E-state index in [0.29, 0.717) is 0 Å². The molecule has 1 heterocycles. The molecule has 0 saturated heterocycles. The van der Waals surface area contributed by atoms with Gasteiger partial charge in [-0.3, -0.25) is 9.00 Å². The lowest BCUT2D eigenvalue weighted by Gasteiger charge is -1.95. The van der Waals surface area contributed by atoms with Crippen LogP contribution in [0.2, 0.25) is 0 Å². The molecule has 0 aliphatic rings. The van der Waals surface area contributed by atoms with Gasteiger partial charge in [-0.2, -0.15) is 0 Å². The zero-order valence-electron chi connectivity index (χ0n) is 8.35. The average Bonchev–Trinajstić information content (AvgIpc) is 2.21. The Hall–Kier alpha value is -1.30. The van der Waals surface area contributed by atoms with E-state index in [1.165, 1.54) is 18.6 Å². The van der Waals surface area contributed by atoms with Crippen molar-refractivity contribution in [3.05, 3.63) is 18.0 Å². The molecule has 2 N–H and O–H groups in total. The van der Waals surface area contributed by atoms with E-state index >= 15 is 0 Å². The molecule has 1 amide bonds. The summed E-state index contributed by atoms with van der Waals surface area (Å²) in [5, 5.41) is 0.194. The Morgan fingerprint density at radius 3 is 2.07 bits per heavy atom. The number of hydrogen-bond acceptors (Lipinski definition) is 4. The number of carbonyl (C=O) groups is 1. The molecule has 0 radical (unpaired) electrons. The number of aromatic nitrogens is 2. The van der Waals surface area contributed by atoms with Crippen LogP contribution in [0.5, 0.6) is 0 Å². The number of nitrogens with two attached hydrogens (primary N) is 1. The Morgan fingerprint density at radius 2 is 1.79 bits per heavy atom. The highest BCUT2D eigenvalue weighted by Crippen LogP contribution is 1.97. The van der Waals surface area contributed by atoms with Crippen molar-refractivity contribution < 1.29 is 9.00 Å². The first-order chi connectivity index (χ1) is 6.61. The van der Waals surface area contributed by atoms with Gasteiger partial charge in [0.25, 0.3) is 5.91 Å². The van der Waals surface area contributed by atoms with Crippen molar-refractivity contribution in [1.29, 1.82) is 0 Å². The molecular formula is C8H13N3O2S. The number of rotatable bonds is 2. The fourth-order valence-electron chi connectivity index (χ4n) is 0.592. The van der Waals surface area contributed by atoms with E-state index in [0.717, 1.165) is 0 Å².